The Morgan fingerprint density at radius 1 is 1.38 bits per heavy atom. The van der Waals surface area contributed by atoms with E-state index in [9.17, 15) is 9.90 Å². The maximum atomic E-state index is 16.0. The Morgan fingerprint density at radius 3 is 2.83 bits per heavy atom. The number of carbonyl (C=O) groups excluding carboxylic acids is 1. The summed E-state index contributed by atoms with van der Waals surface area (Å²) in [4.78, 5) is 17.1. The monoisotopic (exact) mass is 456 g/mol. The van der Waals surface area contributed by atoms with Gasteiger partial charge in [-0.05, 0) is 49.3 Å². The molecule has 8 heteroatoms. The SMILES string of the molecule is CS[C@H](C)C[C@@]1(O)CC[C@@](F)(C(=O)NCc2ccc(Cl)cc2Cl)c2cccnc21. The number of nitrogens with one attached hydrogen (secondary N) is 1. The molecule has 0 fully saturated rings. The zero-order valence-electron chi connectivity index (χ0n) is 16.2. The van der Waals surface area contributed by atoms with Gasteiger partial charge in [0.25, 0.3) is 5.91 Å². The molecule has 1 aromatic heterocycles. The van der Waals surface area contributed by atoms with Crippen LogP contribution < -0.4 is 5.32 Å². The van der Waals surface area contributed by atoms with Crippen LogP contribution in [0.3, 0.4) is 0 Å². The van der Waals surface area contributed by atoms with Crippen molar-refractivity contribution >= 4 is 40.9 Å². The standard InChI is InChI=1S/C21H23Cl2FN2O2S/c1-13(29-2)11-20(28)7-8-21(24,16-4-3-9-25-18(16)20)19(27)26-12-14-5-6-15(22)10-17(14)23/h3-6,9-10,13,28H,7-8,11-12H2,1-2H3,(H,26,27)/t13-,20+,21+/m1/s1. The number of pyridine rings is 1. The number of fused-ring (bicyclic) bond motifs is 1. The number of aromatic nitrogens is 1. The number of hydrogen-bond acceptors (Lipinski definition) is 4. The molecule has 2 aromatic rings. The summed E-state index contributed by atoms with van der Waals surface area (Å²) in [7, 11) is 0. The van der Waals surface area contributed by atoms with E-state index in [0.717, 1.165) is 0 Å². The average molecular weight is 457 g/mol. The van der Waals surface area contributed by atoms with E-state index in [1.807, 2.05) is 13.2 Å². The molecule has 156 valence electrons. The smallest absolute Gasteiger partial charge is 0.262 e. The van der Waals surface area contributed by atoms with Crippen molar-refractivity contribution in [3.8, 4) is 0 Å². The summed E-state index contributed by atoms with van der Waals surface area (Å²) in [5.41, 5.74) is -2.51. The van der Waals surface area contributed by atoms with Crippen LogP contribution in [0, 0.1) is 0 Å². The molecule has 1 aromatic carbocycles. The third-order valence-electron chi connectivity index (χ3n) is 5.40. The summed E-state index contributed by atoms with van der Waals surface area (Å²) < 4.78 is 16.0. The fourth-order valence-corrected chi connectivity index (χ4v) is 4.62. The summed E-state index contributed by atoms with van der Waals surface area (Å²) >= 11 is 13.7. The Bertz CT molecular complexity index is 916. The maximum absolute atomic E-state index is 16.0. The fraction of sp³-hybridized carbons (Fsp3) is 0.429. The molecule has 0 saturated carbocycles. The predicted octanol–water partition coefficient (Wildman–Crippen LogP) is 4.99. The minimum atomic E-state index is -2.27. The van der Waals surface area contributed by atoms with E-state index in [4.69, 9.17) is 23.2 Å². The van der Waals surface area contributed by atoms with Crippen molar-refractivity contribution < 1.29 is 14.3 Å². The minimum absolute atomic E-state index is 0.0733. The molecule has 4 nitrogen and oxygen atoms in total. The van der Waals surface area contributed by atoms with E-state index in [2.05, 4.69) is 10.3 Å². The number of alkyl halides is 1. The van der Waals surface area contributed by atoms with Gasteiger partial charge in [0.2, 0.25) is 5.67 Å². The highest BCUT2D eigenvalue weighted by atomic mass is 35.5. The molecule has 0 spiro atoms. The highest BCUT2D eigenvalue weighted by Crippen LogP contribution is 2.47. The van der Waals surface area contributed by atoms with Gasteiger partial charge in [0.15, 0.2) is 0 Å². The molecule has 1 heterocycles. The van der Waals surface area contributed by atoms with Crippen LogP contribution in [0.4, 0.5) is 4.39 Å². The highest BCUT2D eigenvalue weighted by molar-refractivity contribution is 7.99. The van der Waals surface area contributed by atoms with Gasteiger partial charge < -0.3 is 10.4 Å². The molecule has 3 rings (SSSR count). The second-order valence-corrected chi connectivity index (χ2v) is 9.52. The Kier molecular flexibility index (Phi) is 6.78. The summed E-state index contributed by atoms with van der Waals surface area (Å²) in [5.74, 6) is -0.766. The summed E-state index contributed by atoms with van der Waals surface area (Å²) in [6.45, 7) is 2.08. The van der Waals surface area contributed by atoms with Gasteiger partial charge in [-0.25, -0.2) is 4.39 Å². The topological polar surface area (TPSA) is 62.2 Å². The predicted molar refractivity (Wildman–Crippen MR) is 116 cm³/mol. The molecular formula is C21H23Cl2FN2O2S. The van der Waals surface area contributed by atoms with E-state index in [-0.39, 0.29) is 35.9 Å². The number of rotatable bonds is 6. The largest absolute Gasteiger partial charge is 0.383 e. The van der Waals surface area contributed by atoms with Crippen LogP contribution in [0.2, 0.25) is 10.0 Å². The number of benzene rings is 1. The zero-order chi connectivity index (χ0) is 21.2. The number of hydrogen-bond donors (Lipinski definition) is 2. The number of thioether (sulfide) groups is 1. The van der Waals surface area contributed by atoms with Crippen molar-refractivity contribution in [2.24, 2.45) is 0 Å². The van der Waals surface area contributed by atoms with Gasteiger partial charge in [0.05, 0.1) is 5.69 Å². The van der Waals surface area contributed by atoms with Crippen molar-refractivity contribution in [3.05, 3.63) is 63.4 Å². The first-order valence-electron chi connectivity index (χ1n) is 9.32. The van der Waals surface area contributed by atoms with Gasteiger partial charge in [-0.1, -0.05) is 42.3 Å². The van der Waals surface area contributed by atoms with Crippen LogP contribution in [-0.2, 0) is 22.6 Å². The number of amides is 1. The molecule has 3 atom stereocenters. The average Bonchev–Trinajstić information content (AvgIpc) is 2.70. The maximum Gasteiger partial charge on any atom is 0.262 e. The molecule has 1 amide bonds. The van der Waals surface area contributed by atoms with Crippen molar-refractivity contribution in [2.45, 2.75) is 49.3 Å². The lowest BCUT2D eigenvalue weighted by Crippen LogP contribution is -2.48. The molecule has 1 aliphatic rings. The third-order valence-corrected chi connectivity index (χ3v) is 6.96. The zero-order valence-corrected chi connectivity index (χ0v) is 18.5. The van der Waals surface area contributed by atoms with E-state index >= 15 is 4.39 Å². The fourth-order valence-electron chi connectivity index (χ4n) is 3.70. The molecule has 0 radical (unpaired) electrons. The molecule has 0 aliphatic heterocycles. The van der Waals surface area contributed by atoms with Crippen LogP contribution in [0.5, 0.6) is 0 Å². The van der Waals surface area contributed by atoms with Crippen LogP contribution in [-0.4, -0.2) is 27.5 Å². The van der Waals surface area contributed by atoms with E-state index in [1.54, 1.807) is 36.0 Å². The first-order valence-corrected chi connectivity index (χ1v) is 11.4. The van der Waals surface area contributed by atoms with Gasteiger partial charge in [0.1, 0.15) is 5.60 Å². The first-order chi connectivity index (χ1) is 13.7. The lowest BCUT2D eigenvalue weighted by molar-refractivity contribution is -0.137. The molecule has 0 bridgehead atoms. The van der Waals surface area contributed by atoms with Crippen molar-refractivity contribution in [2.75, 3.05) is 6.26 Å². The molecule has 2 N–H and O–H groups in total. The lowest BCUT2D eigenvalue weighted by atomic mass is 9.72. The van der Waals surface area contributed by atoms with E-state index < -0.39 is 17.2 Å². The quantitative estimate of drug-likeness (QED) is 0.642. The first kappa shape index (κ1) is 22.3. The van der Waals surface area contributed by atoms with Crippen LogP contribution >= 0.6 is 35.0 Å². The minimum Gasteiger partial charge on any atom is -0.383 e. The van der Waals surface area contributed by atoms with Gasteiger partial charge in [-0.15, -0.1) is 0 Å². The van der Waals surface area contributed by atoms with Gasteiger partial charge in [-0.3, -0.25) is 9.78 Å². The second kappa shape index (κ2) is 8.80. The van der Waals surface area contributed by atoms with E-state index in [0.29, 0.717) is 22.0 Å². The summed E-state index contributed by atoms with van der Waals surface area (Å²) in [6, 6.07) is 8.04. The Balaban J connectivity index is 1.85. The number of halogens is 3. The Hall–Kier alpha value is -1.34. The number of aliphatic hydroxyl groups is 1. The highest BCUT2D eigenvalue weighted by Gasteiger charge is 2.52. The molecular weight excluding hydrogens is 434 g/mol. The molecule has 0 unspecified atom stereocenters. The number of carbonyl (C=O) groups is 1. The van der Waals surface area contributed by atoms with Crippen LogP contribution in [0.1, 0.15) is 43.0 Å². The van der Waals surface area contributed by atoms with Gasteiger partial charge in [0, 0.05) is 33.6 Å². The Labute approximate surface area is 184 Å². The molecule has 29 heavy (non-hydrogen) atoms. The summed E-state index contributed by atoms with van der Waals surface area (Å²) in [6.07, 6.45) is 3.92. The number of nitrogens with zero attached hydrogens (tertiary/aromatic N) is 1. The van der Waals surface area contributed by atoms with E-state index in [1.165, 1.54) is 12.3 Å². The second-order valence-electron chi connectivity index (χ2n) is 7.40. The summed E-state index contributed by atoms with van der Waals surface area (Å²) in [5, 5.41) is 14.9. The normalized spacial score (nSPS) is 24.6. The van der Waals surface area contributed by atoms with Crippen LogP contribution in [0.15, 0.2) is 36.5 Å². The van der Waals surface area contributed by atoms with Gasteiger partial charge in [-0.2, -0.15) is 11.8 Å². The van der Waals surface area contributed by atoms with Gasteiger partial charge >= 0.3 is 0 Å². The third kappa shape index (κ3) is 4.55. The Morgan fingerprint density at radius 2 is 2.14 bits per heavy atom. The lowest BCUT2D eigenvalue weighted by Gasteiger charge is -2.40. The van der Waals surface area contributed by atoms with Crippen molar-refractivity contribution in [1.29, 1.82) is 0 Å². The van der Waals surface area contributed by atoms with Crippen molar-refractivity contribution in [1.82, 2.24) is 10.3 Å². The van der Waals surface area contributed by atoms with Crippen molar-refractivity contribution in [3.63, 3.8) is 0 Å². The molecule has 1 aliphatic carbocycles. The van der Waals surface area contributed by atoms with Crippen LogP contribution in [0.25, 0.3) is 0 Å². The molecule has 0 saturated heterocycles.